The molecule has 106 valence electrons. The number of hydrogen-bond donors (Lipinski definition) is 2. The highest BCUT2D eigenvalue weighted by atomic mass is 15.2. The van der Waals surface area contributed by atoms with Crippen LogP contribution in [0.2, 0.25) is 0 Å². The molecule has 0 aliphatic heterocycles. The zero-order chi connectivity index (χ0) is 14.9. The third kappa shape index (κ3) is 2.77. The Morgan fingerprint density at radius 2 is 1.35 bits per heavy atom. The minimum Gasteiger partial charge on any atom is -0.271 e. The number of nitrogens with two attached hydrogens (primary N) is 1. The summed E-state index contributed by atoms with van der Waals surface area (Å²) in [5, 5.41) is 0. The summed E-state index contributed by atoms with van der Waals surface area (Å²) in [5.74, 6) is 5.83. The van der Waals surface area contributed by atoms with Gasteiger partial charge in [-0.25, -0.2) is 5.43 Å². The van der Waals surface area contributed by atoms with Crippen LogP contribution in [-0.4, -0.2) is 0 Å². The largest absolute Gasteiger partial charge is 0.271 e. The maximum absolute atomic E-state index is 5.83. The van der Waals surface area contributed by atoms with Crippen LogP contribution in [0.5, 0.6) is 0 Å². The van der Waals surface area contributed by atoms with Gasteiger partial charge < -0.3 is 0 Å². The van der Waals surface area contributed by atoms with Gasteiger partial charge in [0.1, 0.15) is 0 Å². The lowest BCUT2D eigenvalue weighted by Gasteiger charge is -2.21. The molecule has 0 fully saturated rings. The summed E-state index contributed by atoms with van der Waals surface area (Å²) >= 11 is 0. The van der Waals surface area contributed by atoms with E-state index >= 15 is 0 Å². The van der Waals surface area contributed by atoms with E-state index in [-0.39, 0.29) is 6.04 Å². The number of hydrazine groups is 1. The Labute approximate surface area is 122 Å². The predicted molar refractivity (Wildman–Crippen MR) is 85.7 cm³/mol. The van der Waals surface area contributed by atoms with Crippen molar-refractivity contribution in [3.63, 3.8) is 0 Å². The fraction of sp³-hybridized carbons (Fsp3) is 0.333. The molecule has 2 aromatic carbocycles. The molecule has 0 spiro atoms. The van der Waals surface area contributed by atoms with Crippen molar-refractivity contribution in [2.45, 2.75) is 40.7 Å². The van der Waals surface area contributed by atoms with Crippen LogP contribution in [0.25, 0.3) is 0 Å². The highest BCUT2D eigenvalue weighted by molar-refractivity contribution is 5.43. The summed E-state index contributed by atoms with van der Waals surface area (Å²) < 4.78 is 0. The van der Waals surface area contributed by atoms with Gasteiger partial charge in [0.15, 0.2) is 0 Å². The smallest absolute Gasteiger partial charge is 0.0712 e. The van der Waals surface area contributed by atoms with Gasteiger partial charge >= 0.3 is 0 Å². The Morgan fingerprint density at radius 3 is 1.95 bits per heavy atom. The Morgan fingerprint density at radius 1 is 0.750 bits per heavy atom. The molecule has 2 rings (SSSR count). The van der Waals surface area contributed by atoms with Gasteiger partial charge in [0.25, 0.3) is 0 Å². The summed E-state index contributed by atoms with van der Waals surface area (Å²) in [6, 6.07) is 11.0. The minimum atomic E-state index is 0.0357. The van der Waals surface area contributed by atoms with Crippen molar-refractivity contribution >= 4 is 0 Å². The lowest BCUT2D eigenvalue weighted by atomic mass is 9.91. The number of rotatable bonds is 3. The van der Waals surface area contributed by atoms with E-state index in [1.807, 2.05) is 0 Å². The molecular formula is C18H24N2. The Hall–Kier alpha value is -1.64. The number of benzene rings is 2. The fourth-order valence-electron chi connectivity index (χ4n) is 2.60. The third-order valence-corrected chi connectivity index (χ3v) is 4.22. The van der Waals surface area contributed by atoms with Crippen LogP contribution in [-0.2, 0) is 0 Å². The minimum absolute atomic E-state index is 0.0357. The standard InChI is InChI=1S/C18H24N2/c1-11-6-7-16(9-13(11)3)18(20-19)17-10-14(4)12(2)8-15(17)5/h6-10,18,20H,19H2,1-5H3. The van der Waals surface area contributed by atoms with Crippen LogP contribution in [0.1, 0.15) is 45.0 Å². The zero-order valence-corrected chi connectivity index (χ0v) is 13.0. The summed E-state index contributed by atoms with van der Waals surface area (Å²) in [5.41, 5.74) is 11.9. The third-order valence-electron chi connectivity index (χ3n) is 4.22. The first-order valence-electron chi connectivity index (χ1n) is 7.05. The van der Waals surface area contributed by atoms with Gasteiger partial charge in [0.05, 0.1) is 6.04 Å². The highest BCUT2D eigenvalue weighted by Crippen LogP contribution is 2.27. The summed E-state index contributed by atoms with van der Waals surface area (Å²) in [4.78, 5) is 0. The number of hydrogen-bond acceptors (Lipinski definition) is 2. The second-order valence-electron chi connectivity index (χ2n) is 5.74. The normalized spacial score (nSPS) is 12.5. The molecule has 1 unspecified atom stereocenters. The topological polar surface area (TPSA) is 38.0 Å². The molecule has 0 heterocycles. The SMILES string of the molecule is Cc1ccc(C(NN)c2cc(C)c(C)cc2C)cc1C. The molecular weight excluding hydrogens is 244 g/mol. The van der Waals surface area contributed by atoms with Crippen molar-refractivity contribution in [1.29, 1.82) is 0 Å². The van der Waals surface area contributed by atoms with Gasteiger partial charge in [-0.2, -0.15) is 0 Å². The van der Waals surface area contributed by atoms with Crippen molar-refractivity contribution in [1.82, 2.24) is 5.43 Å². The van der Waals surface area contributed by atoms with Gasteiger partial charge in [0.2, 0.25) is 0 Å². The van der Waals surface area contributed by atoms with Crippen molar-refractivity contribution in [3.05, 3.63) is 69.3 Å². The Balaban J connectivity index is 2.52. The number of aryl methyl sites for hydroxylation is 5. The van der Waals surface area contributed by atoms with Crippen molar-refractivity contribution in [2.24, 2.45) is 5.84 Å². The summed E-state index contributed by atoms with van der Waals surface area (Å²) in [6.07, 6.45) is 0. The average Bonchev–Trinajstić information content (AvgIpc) is 2.40. The average molecular weight is 268 g/mol. The summed E-state index contributed by atoms with van der Waals surface area (Å²) in [6.45, 7) is 10.7. The molecule has 0 radical (unpaired) electrons. The molecule has 0 aromatic heterocycles. The predicted octanol–water partition coefficient (Wildman–Crippen LogP) is 3.78. The van der Waals surface area contributed by atoms with E-state index in [0.717, 1.165) is 0 Å². The first-order valence-corrected chi connectivity index (χ1v) is 7.05. The monoisotopic (exact) mass is 268 g/mol. The van der Waals surface area contributed by atoms with Gasteiger partial charge in [-0.05, 0) is 73.6 Å². The van der Waals surface area contributed by atoms with Crippen LogP contribution in [0, 0.1) is 34.6 Å². The van der Waals surface area contributed by atoms with E-state index in [2.05, 4.69) is 70.4 Å². The van der Waals surface area contributed by atoms with E-state index < -0.39 is 0 Å². The van der Waals surface area contributed by atoms with E-state index in [9.17, 15) is 0 Å². The van der Waals surface area contributed by atoms with Crippen molar-refractivity contribution in [2.75, 3.05) is 0 Å². The summed E-state index contributed by atoms with van der Waals surface area (Å²) in [7, 11) is 0. The van der Waals surface area contributed by atoms with Crippen LogP contribution in [0.4, 0.5) is 0 Å². The lowest BCUT2D eigenvalue weighted by molar-refractivity contribution is 0.632. The molecule has 0 saturated heterocycles. The molecule has 0 aliphatic rings. The molecule has 2 aromatic rings. The van der Waals surface area contributed by atoms with Gasteiger partial charge in [-0.15, -0.1) is 0 Å². The molecule has 0 bridgehead atoms. The van der Waals surface area contributed by atoms with Crippen LogP contribution < -0.4 is 11.3 Å². The maximum atomic E-state index is 5.83. The zero-order valence-electron chi connectivity index (χ0n) is 13.0. The number of nitrogens with one attached hydrogen (secondary N) is 1. The van der Waals surface area contributed by atoms with Crippen molar-refractivity contribution < 1.29 is 0 Å². The van der Waals surface area contributed by atoms with Gasteiger partial charge in [0, 0.05) is 0 Å². The van der Waals surface area contributed by atoms with Crippen LogP contribution in [0.3, 0.4) is 0 Å². The van der Waals surface area contributed by atoms with Crippen molar-refractivity contribution in [3.8, 4) is 0 Å². The quantitative estimate of drug-likeness (QED) is 0.656. The Bertz CT molecular complexity index is 630. The second kappa shape index (κ2) is 5.78. The van der Waals surface area contributed by atoms with Crippen LogP contribution in [0.15, 0.2) is 30.3 Å². The lowest BCUT2D eigenvalue weighted by Crippen LogP contribution is -2.29. The fourth-order valence-corrected chi connectivity index (χ4v) is 2.60. The Kier molecular flexibility index (Phi) is 4.26. The molecule has 2 nitrogen and oxygen atoms in total. The van der Waals surface area contributed by atoms with E-state index in [1.54, 1.807) is 0 Å². The second-order valence-corrected chi connectivity index (χ2v) is 5.74. The first-order chi connectivity index (χ1) is 9.43. The van der Waals surface area contributed by atoms with E-state index in [0.29, 0.717) is 0 Å². The molecule has 0 aliphatic carbocycles. The van der Waals surface area contributed by atoms with Gasteiger partial charge in [-0.1, -0.05) is 30.3 Å². The molecule has 1 atom stereocenters. The first kappa shape index (κ1) is 14.8. The van der Waals surface area contributed by atoms with E-state index in [1.165, 1.54) is 38.9 Å². The van der Waals surface area contributed by atoms with Crippen LogP contribution >= 0.6 is 0 Å². The molecule has 0 saturated carbocycles. The maximum Gasteiger partial charge on any atom is 0.0712 e. The molecule has 2 heteroatoms. The molecule has 20 heavy (non-hydrogen) atoms. The highest BCUT2D eigenvalue weighted by Gasteiger charge is 2.16. The molecule has 0 amide bonds. The van der Waals surface area contributed by atoms with E-state index in [4.69, 9.17) is 5.84 Å². The molecule has 3 N–H and O–H groups in total. The van der Waals surface area contributed by atoms with Gasteiger partial charge in [-0.3, -0.25) is 5.84 Å².